The van der Waals surface area contributed by atoms with E-state index in [-0.39, 0.29) is 18.0 Å². The molecule has 57 heavy (non-hydrogen) atoms. The van der Waals surface area contributed by atoms with Gasteiger partial charge in [0.25, 0.3) is 0 Å². The molecule has 4 aliphatic carbocycles. The lowest BCUT2D eigenvalue weighted by molar-refractivity contribution is 0.518. The Morgan fingerprint density at radius 2 is 1.26 bits per heavy atom. The van der Waals surface area contributed by atoms with Gasteiger partial charge >= 0.3 is 0 Å². The molecule has 2 nitrogen and oxygen atoms in total. The summed E-state index contributed by atoms with van der Waals surface area (Å²) in [5, 5.41) is 4.12. The molecular formula is C53H42N2S2. The van der Waals surface area contributed by atoms with Gasteiger partial charge < -0.3 is 9.80 Å². The Hall–Kier alpha value is -5.68. The van der Waals surface area contributed by atoms with Crippen LogP contribution in [-0.2, 0) is 0 Å². The molecule has 0 radical (unpaired) electrons. The molecule has 2 heterocycles. The van der Waals surface area contributed by atoms with Crippen molar-refractivity contribution in [3.8, 4) is 0 Å². The van der Waals surface area contributed by atoms with Crippen LogP contribution in [0.1, 0.15) is 82.7 Å². The summed E-state index contributed by atoms with van der Waals surface area (Å²) in [5.74, 6) is 1.12. The standard InChI is InChI=1S/C53H42N2S2/c1-33-23-30-46(53-49(33)42-18-9-11-22-48(42)57-53)55(37-15-6-3-7-16-37)44-32-27-35-24-28-40-43(31-26-34-25-29-41(44)51(35)50(34)40)54(36-13-4-2-5-14-36)45-20-12-19-39-38-17-8-10-21-47(38)56-52(39)45/h2-22,24-26,28-29,31-33,35,40,43,46H,23,27,30H2,1H3. The number of fused-ring (bicyclic) bond motifs is 6. The highest BCUT2D eigenvalue weighted by molar-refractivity contribution is 7.26. The lowest BCUT2D eigenvalue weighted by Gasteiger charge is -2.45. The van der Waals surface area contributed by atoms with Gasteiger partial charge in [-0.3, -0.25) is 0 Å². The largest absolute Gasteiger partial charge is 0.333 e. The van der Waals surface area contributed by atoms with Crippen LogP contribution in [0.25, 0.3) is 42.0 Å². The average Bonchev–Trinajstić information content (AvgIpc) is 3.86. The number of anilines is 3. The Morgan fingerprint density at radius 3 is 2.07 bits per heavy atom. The van der Waals surface area contributed by atoms with Crippen molar-refractivity contribution in [3.05, 3.63) is 197 Å². The van der Waals surface area contributed by atoms with E-state index >= 15 is 0 Å². The molecule has 4 heteroatoms. The van der Waals surface area contributed by atoms with Crippen LogP contribution in [0, 0.1) is 0 Å². The predicted molar refractivity (Wildman–Crippen MR) is 246 cm³/mol. The highest BCUT2D eigenvalue weighted by Crippen LogP contribution is 2.55. The van der Waals surface area contributed by atoms with Crippen LogP contribution < -0.4 is 9.80 Å². The summed E-state index contributed by atoms with van der Waals surface area (Å²) in [6.45, 7) is 2.44. The van der Waals surface area contributed by atoms with Crippen molar-refractivity contribution in [1.82, 2.24) is 0 Å². The Labute approximate surface area is 342 Å². The van der Waals surface area contributed by atoms with Crippen molar-refractivity contribution in [2.24, 2.45) is 0 Å². The number of hydrogen-bond donors (Lipinski definition) is 0. The number of hydrogen-bond acceptors (Lipinski definition) is 4. The normalized spacial score (nSPS) is 21.7. The first-order valence-electron chi connectivity index (χ1n) is 20.6. The maximum absolute atomic E-state index is 2.73. The minimum atomic E-state index is 0.111. The van der Waals surface area contributed by atoms with Gasteiger partial charge in [-0.2, -0.15) is 0 Å². The van der Waals surface area contributed by atoms with E-state index in [9.17, 15) is 0 Å². The number of para-hydroxylation sites is 2. The molecular weight excluding hydrogens is 729 g/mol. The smallest absolute Gasteiger partial charge is 0.0687 e. The zero-order chi connectivity index (χ0) is 37.6. The van der Waals surface area contributed by atoms with Gasteiger partial charge in [0.1, 0.15) is 0 Å². The number of nitrogens with zero attached hydrogens (tertiary/aromatic N) is 2. The zero-order valence-corrected chi connectivity index (χ0v) is 33.5. The van der Waals surface area contributed by atoms with Gasteiger partial charge in [0.2, 0.25) is 0 Å². The fourth-order valence-corrected chi connectivity index (χ4v) is 13.4. The van der Waals surface area contributed by atoms with Gasteiger partial charge in [-0.05, 0) is 95.3 Å². The summed E-state index contributed by atoms with van der Waals surface area (Å²) in [7, 11) is 0. The maximum Gasteiger partial charge on any atom is 0.0687 e. The molecule has 6 aromatic carbocycles. The van der Waals surface area contributed by atoms with Crippen molar-refractivity contribution in [3.63, 3.8) is 0 Å². The second-order valence-electron chi connectivity index (χ2n) is 16.3. The van der Waals surface area contributed by atoms with Crippen molar-refractivity contribution >= 4 is 81.8 Å². The second kappa shape index (κ2) is 13.2. The third-order valence-electron chi connectivity index (χ3n) is 13.2. The topological polar surface area (TPSA) is 6.48 Å². The van der Waals surface area contributed by atoms with Crippen LogP contribution in [0.4, 0.5) is 17.1 Å². The first-order chi connectivity index (χ1) is 28.2. The Bertz CT molecular complexity index is 2950. The quantitative estimate of drug-likeness (QED) is 0.155. The van der Waals surface area contributed by atoms with E-state index < -0.39 is 0 Å². The Morgan fingerprint density at radius 1 is 0.561 bits per heavy atom. The van der Waals surface area contributed by atoms with E-state index in [4.69, 9.17) is 0 Å². The fraction of sp³-hybridized carbons (Fsp3) is 0.170. The van der Waals surface area contributed by atoms with Crippen LogP contribution >= 0.6 is 22.7 Å². The van der Waals surface area contributed by atoms with Gasteiger partial charge in [0, 0.05) is 59.5 Å². The number of benzene rings is 6. The van der Waals surface area contributed by atoms with Crippen molar-refractivity contribution in [2.45, 2.75) is 56.0 Å². The number of rotatable bonds is 6. The molecule has 2 aromatic heterocycles. The summed E-state index contributed by atoms with van der Waals surface area (Å²) in [4.78, 5) is 6.91. The van der Waals surface area contributed by atoms with E-state index in [1.165, 1.54) is 81.7 Å². The minimum absolute atomic E-state index is 0.111. The number of allylic oxidation sites excluding steroid dienone is 2. The molecule has 0 aliphatic heterocycles. The molecule has 0 N–H and O–H groups in total. The molecule has 8 aromatic rings. The van der Waals surface area contributed by atoms with Crippen molar-refractivity contribution in [1.29, 1.82) is 0 Å². The molecule has 5 unspecified atom stereocenters. The van der Waals surface area contributed by atoms with Crippen molar-refractivity contribution in [2.75, 3.05) is 9.80 Å². The van der Waals surface area contributed by atoms with Gasteiger partial charge in [-0.1, -0.05) is 134 Å². The van der Waals surface area contributed by atoms with Crippen LogP contribution in [0.5, 0.6) is 0 Å². The van der Waals surface area contributed by atoms with Gasteiger partial charge in [-0.15, -0.1) is 22.7 Å². The molecule has 0 amide bonds. The average molecular weight is 771 g/mol. The third-order valence-corrected chi connectivity index (χ3v) is 15.7. The SMILES string of the molecule is CC1CCC(N(C2=CCC3C=CC4c5c(ccc2c53)C=CC4N(c2ccccc2)c2cccc3c2sc2ccccc23)c2ccccc2)c2sc3ccccc3c21. The predicted octanol–water partition coefficient (Wildman–Crippen LogP) is 15.1. The zero-order valence-electron chi connectivity index (χ0n) is 31.9. The van der Waals surface area contributed by atoms with E-state index in [0.29, 0.717) is 11.8 Å². The van der Waals surface area contributed by atoms with E-state index in [1.807, 2.05) is 22.7 Å². The summed E-state index contributed by atoms with van der Waals surface area (Å²) >= 11 is 3.94. The first kappa shape index (κ1) is 33.5. The van der Waals surface area contributed by atoms with Crippen molar-refractivity contribution < 1.29 is 0 Å². The van der Waals surface area contributed by atoms with Gasteiger partial charge in [0.05, 0.1) is 22.5 Å². The fourth-order valence-electron chi connectivity index (χ4n) is 10.7. The van der Waals surface area contributed by atoms with Gasteiger partial charge in [0.15, 0.2) is 0 Å². The molecule has 0 fully saturated rings. The summed E-state index contributed by atoms with van der Waals surface area (Å²) in [6, 6.07) is 52.5. The Balaban J connectivity index is 1.02. The van der Waals surface area contributed by atoms with E-state index in [2.05, 4.69) is 187 Å². The highest BCUT2D eigenvalue weighted by atomic mass is 32.1. The van der Waals surface area contributed by atoms with Crippen LogP contribution in [0.2, 0.25) is 0 Å². The summed E-state index contributed by atoms with van der Waals surface area (Å²) in [5.41, 5.74) is 12.5. The van der Waals surface area contributed by atoms with Gasteiger partial charge in [-0.25, -0.2) is 0 Å². The number of thiophene rings is 2. The second-order valence-corrected chi connectivity index (χ2v) is 18.4. The molecule has 276 valence electrons. The van der Waals surface area contributed by atoms with Crippen LogP contribution in [0.15, 0.2) is 164 Å². The molecule has 12 rings (SSSR count). The molecule has 0 saturated heterocycles. The van der Waals surface area contributed by atoms with E-state index in [0.717, 1.165) is 12.8 Å². The molecule has 4 aliphatic rings. The monoisotopic (exact) mass is 770 g/mol. The summed E-state index contributed by atoms with van der Waals surface area (Å²) in [6.07, 6.45) is 15.9. The lowest BCUT2D eigenvalue weighted by atomic mass is 9.69. The van der Waals surface area contributed by atoms with E-state index in [1.54, 1.807) is 10.4 Å². The molecule has 0 spiro atoms. The minimum Gasteiger partial charge on any atom is -0.333 e. The van der Waals surface area contributed by atoms with Crippen LogP contribution in [0.3, 0.4) is 0 Å². The maximum atomic E-state index is 2.73. The molecule has 5 atom stereocenters. The Kier molecular flexibility index (Phi) is 7.74. The highest BCUT2D eigenvalue weighted by Gasteiger charge is 2.41. The third kappa shape index (κ3) is 5.13. The molecule has 0 bridgehead atoms. The summed E-state index contributed by atoms with van der Waals surface area (Å²) < 4.78 is 4.10. The molecule has 0 saturated carbocycles. The van der Waals surface area contributed by atoms with Crippen LogP contribution in [-0.4, -0.2) is 6.04 Å². The lowest BCUT2D eigenvalue weighted by Crippen LogP contribution is -2.38. The first-order valence-corrected chi connectivity index (χ1v) is 22.2.